The van der Waals surface area contributed by atoms with Gasteiger partial charge in [0, 0.05) is 11.6 Å². The Morgan fingerprint density at radius 1 is 1.23 bits per heavy atom. The summed E-state index contributed by atoms with van der Waals surface area (Å²) in [4.78, 5) is 24.9. The van der Waals surface area contributed by atoms with Crippen LogP contribution < -0.4 is 0 Å². The molecule has 0 aliphatic heterocycles. The summed E-state index contributed by atoms with van der Waals surface area (Å²) in [5.74, 6) is 0.290. The molecule has 1 N–H and O–H groups in total. The minimum absolute atomic E-state index is 0.122. The Bertz CT molecular complexity index is 979. The number of hydrogen-bond acceptors (Lipinski definition) is 7. The Kier molecular flexibility index (Phi) is 4.79. The number of pyridine rings is 1. The first kappa shape index (κ1) is 17.0. The molecule has 0 aliphatic carbocycles. The first-order valence-electron chi connectivity index (χ1n) is 7.43. The molecule has 3 rings (SSSR count). The van der Waals surface area contributed by atoms with E-state index in [-0.39, 0.29) is 23.6 Å². The van der Waals surface area contributed by atoms with E-state index >= 15 is 0 Å². The maximum atomic E-state index is 11.0. The summed E-state index contributed by atoms with van der Waals surface area (Å²) in [6.07, 6.45) is 1.11. The fourth-order valence-electron chi connectivity index (χ4n) is 2.15. The Hall–Kier alpha value is -3.88. The lowest BCUT2D eigenvalue weighted by Gasteiger charge is -1.99. The van der Waals surface area contributed by atoms with Crippen molar-refractivity contribution in [3.63, 3.8) is 0 Å². The molecular weight excluding hydrogens is 340 g/mol. The molecule has 0 spiro atoms. The Balaban J connectivity index is 1.68. The normalized spacial score (nSPS) is 10.9. The summed E-state index contributed by atoms with van der Waals surface area (Å²) in [5.41, 5.74) is 0.692. The van der Waals surface area contributed by atoms with E-state index in [2.05, 4.69) is 15.2 Å². The molecule has 9 heteroatoms. The van der Waals surface area contributed by atoms with Crippen LogP contribution in [0.3, 0.4) is 0 Å². The third-order valence-corrected chi connectivity index (χ3v) is 3.40. The van der Waals surface area contributed by atoms with Crippen LogP contribution in [0.15, 0.2) is 69.4 Å². The highest BCUT2D eigenvalue weighted by Crippen LogP contribution is 2.24. The van der Waals surface area contributed by atoms with Gasteiger partial charge in [-0.05, 0) is 30.3 Å². The van der Waals surface area contributed by atoms with E-state index in [1.165, 1.54) is 24.3 Å². The molecule has 3 aromatic rings. The second kappa shape index (κ2) is 7.34. The molecule has 130 valence electrons. The number of aromatic carboxylic acids is 1. The fraction of sp³-hybridized carbons (Fsp3) is 0.0588. The molecule has 0 unspecified atom stereocenters. The maximum absolute atomic E-state index is 11.0. The Labute approximate surface area is 146 Å². The second-order valence-electron chi connectivity index (χ2n) is 5.18. The molecule has 0 fully saturated rings. The van der Waals surface area contributed by atoms with E-state index in [1.54, 1.807) is 24.3 Å². The van der Waals surface area contributed by atoms with Crippen molar-refractivity contribution in [3.8, 4) is 11.3 Å². The van der Waals surface area contributed by atoms with Crippen LogP contribution in [0.4, 0.5) is 11.5 Å². The third kappa shape index (κ3) is 3.96. The Morgan fingerprint density at radius 3 is 2.77 bits per heavy atom. The van der Waals surface area contributed by atoms with Gasteiger partial charge in [-0.15, -0.1) is 5.11 Å². The van der Waals surface area contributed by atoms with Crippen LogP contribution in [0.5, 0.6) is 0 Å². The molecule has 0 aliphatic rings. The quantitative estimate of drug-likeness (QED) is 0.401. The smallest absolute Gasteiger partial charge is 0.335 e. The Morgan fingerprint density at radius 2 is 2.08 bits per heavy atom. The van der Waals surface area contributed by atoms with E-state index in [1.807, 2.05) is 0 Å². The van der Waals surface area contributed by atoms with E-state index < -0.39 is 10.9 Å². The van der Waals surface area contributed by atoms with Crippen molar-refractivity contribution < 1.29 is 19.2 Å². The third-order valence-electron chi connectivity index (χ3n) is 3.40. The van der Waals surface area contributed by atoms with Crippen molar-refractivity contribution in [2.24, 2.45) is 10.2 Å². The number of rotatable bonds is 6. The van der Waals surface area contributed by atoms with Gasteiger partial charge in [-0.25, -0.2) is 9.78 Å². The first-order valence-corrected chi connectivity index (χ1v) is 7.43. The minimum Gasteiger partial charge on any atom is -0.478 e. The van der Waals surface area contributed by atoms with Crippen LogP contribution in [0.1, 0.15) is 16.1 Å². The molecule has 0 atom stereocenters. The van der Waals surface area contributed by atoms with Crippen LogP contribution in [-0.2, 0) is 6.54 Å². The largest absolute Gasteiger partial charge is 0.478 e. The van der Waals surface area contributed by atoms with Gasteiger partial charge in [0.25, 0.3) is 5.69 Å². The molecule has 2 aromatic heterocycles. The summed E-state index contributed by atoms with van der Waals surface area (Å²) in [5, 5.41) is 27.4. The first-order chi connectivity index (χ1) is 12.5. The number of furan rings is 1. The second-order valence-corrected chi connectivity index (χ2v) is 5.18. The molecular formula is C17H12N4O5. The number of benzene rings is 1. The van der Waals surface area contributed by atoms with Gasteiger partial charge >= 0.3 is 5.97 Å². The average Bonchev–Trinajstić information content (AvgIpc) is 3.11. The number of carbonyl (C=O) groups is 1. The predicted octanol–water partition coefficient (Wildman–Crippen LogP) is 4.23. The monoisotopic (exact) mass is 352 g/mol. The molecule has 0 amide bonds. The van der Waals surface area contributed by atoms with Crippen molar-refractivity contribution in [1.29, 1.82) is 0 Å². The highest BCUT2D eigenvalue weighted by molar-refractivity contribution is 5.89. The minimum atomic E-state index is -1.01. The van der Waals surface area contributed by atoms with E-state index in [0.717, 1.165) is 6.20 Å². The summed E-state index contributed by atoms with van der Waals surface area (Å²) in [6.45, 7) is 0.150. The van der Waals surface area contributed by atoms with Gasteiger partial charge in [-0.3, -0.25) is 10.1 Å². The zero-order valence-corrected chi connectivity index (χ0v) is 13.3. The lowest BCUT2D eigenvalue weighted by molar-refractivity contribution is -0.385. The van der Waals surface area contributed by atoms with Gasteiger partial charge in [0.05, 0.1) is 10.5 Å². The number of aromatic nitrogens is 1. The molecule has 0 saturated carbocycles. The van der Waals surface area contributed by atoms with Crippen molar-refractivity contribution >= 4 is 17.5 Å². The maximum Gasteiger partial charge on any atom is 0.335 e. The molecule has 0 radical (unpaired) electrons. The molecule has 1 aromatic carbocycles. The molecule has 0 bridgehead atoms. The van der Waals surface area contributed by atoms with Gasteiger partial charge in [-0.2, -0.15) is 5.11 Å². The van der Waals surface area contributed by atoms with Crippen LogP contribution in [0.2, 0.25) is 0 Å². The number of hydrogen-bond donors (Lipinski definition) is 1. The number of nitro groups is 1. The summed E-state index contributed by atoms with van der Waals surface area (Å²) >= 11 is 0. The average molecular weight is 352 g/mol. The molecule has 9 nitrogen and oxygen atoms in total. The lowest BCUT2D eigenvalue weighted by atomic mass is 10.1. The zero-order chi connectivity index (χ0) is 18.5. The van der Waals surface area contributed by atoms with Gasteiger partial charge < -0.3 is 9.52 Å². The topological polar surface area (TPSA) is 131 Å². The molecule has 0 saturated heterocycles. The van der Waals surface area contributed by atoms with Crippen molar-refractivity contribution in [2.45, 2.75) is 6.54 Å². The standard InChI is InChI=1S/C17H12N4O5/c22-17(23)12-3-1-2-11(8-12)15-6-5-14(26-15)10-19-20-16-7-4-13(9-18-16)21(24)25/h1-9H,10H2,(H,22,23). The number of carboxylic acids is 1. The lowest BCUT2D eigenvalue weighted by Crippen LogP contribution is -1.95. The van der Waals surface area contributed by atoms with Gasteiger partial charge in [-0.1, -0.05) is 12.1 Å². The SMILES string of the molecule is O=C(O)c1cccc(-c2ccc(CN=Nc3ccc([N+](=O)[O-])cn3)o2)c1. The molecule has 26 heavy (non-hydrogen) atoms. The van der Waals surface area contributed by atoms with Crippen LogP contribution in [0, 0.1) is 10.1 Å². The fourth-order valence-corrected chi connectivity index (χ4v) is 2.15. The van der Waals surface area contributed by atoms with Crippen LogP contribution >= 0.6 is 0 Å². The van der Waals surface area contributed by atoms with Crippen LogP contribution in [0.25, 0.3) is 11.3 Å². The van der Waals surface area contributed by atoms with Crippen molar-refractivity contribution in [2.75, 3.05) is 0 Å². The van der Waals surface area contributed by atoms with Crippen molar-refractivity contribution in [1.82, 2.24) is 4.98 Å². The van der Waals surface area contributed by atoms with E-state index in [9.17, 15) is 14.9 Å². The van der Waals surface area contributed by atoms with Gasteiger partial charge in [0.1, 0.15) is 24.3 Å². The molecule has 2 heterocycles. The number of azo groups is 1. The zero-order valence-electron chi connectivity index (χ0n) is 13.3. The van der Waals surface area contributed by atoms with Gasteiger partial charge in [0.15, 0.2) is 5.82 Å². The van der Waals surface area contributed by atoms with E-state index in [4.69, 9.17) is 9.52 Å². The number of nitrogens with zero attached hydrogens (tertiary/aromatic N) is 4. The summed E-state index contributed by atoms with van der Waals surface area (Å²) in [7, 11) is 0. The number of carboxylic acid groups (broad SMARTS) is 1. The summed E-state index contributed by atoms with van der Waals surface area (Å²) in [6, 6.07) is 12.5. The van der Waals surface area contributed by atoms with E-state index in [0.29, 0.717) is 17.1 Å². The summed E-state index contributed by atoms with van der Waals surface area (Å²) < 4.78 is 5.64. The van der Waals surface area contributed by atoms with Crippen LogP contribution in [-0.4, -0.2) is 21.0 Å². The van der Waals surface area contributed by atoms with Gasteiger partial charge in [0.2, 0.25) is 0 Å². The van der Waals surface area contributed by atoms with Crippen molar-refractivity contribution in [3.05, 3.63) is 76.2 Å². The highest BCUT2D eigenvalue weighted by atomic mass is 16.6. The predicted molar refractivity (Wildman–Crippen MR) is 90.2 cm³/mol. The highest BCUT2D eigenvalue weighted by Gasteiger charge is 2.08.